The van der Waals surface area contributed by atoms with Gasteiger partial charge in [-0.05, 0) is 39.4 Å². The number of carbonyl (C=O) groups is 1. The third kappa shape index (κ3) is 8.21. The van der Waals surface area contributed by atoms with Crippen LogP contribution < -0.4 is 10.6 Å². The molecule has 236 valence electrons. The van der Waals surface area contributed by atoms with Crippen molar-refractivity contribution in [3.8, 4) is 11.1 Å². The molecule has 0 unspecified atom stereocenters. The number of ether oxygens (including phenoxy) is 2. The van der Waals surface area contributed by atoms with Gasteiger partial charge in [-0.25, -0.2) is 4.79 Å². The molecule has 0 bridgehead atoms. The molecule has 0 spiro atoms. The van der Waals surface area contributed by atoms with Crippen LogP contribution >= 0.6 is 11.8 Å². The summed E-state index contributed by atoms with van der Waals surface area (Å²) in [5.74, 6) is 0.709. The van der Waals surface area contributed by atoms with E-state index < -0.39 is 6.29 Å². The zero-order chi connectivity index (χ0) is 31.7. The molecule has 2 heterocycles. The van der Waals surface area contributed by atoms with Crippen molar-refractivity contribution in [1.82, 2.24) is 25.4 Å². The molecule has 1 aliphatic rings. The molecule has 0 radical (unpaired) electrons. The molecule has 9 nitrogen and oxygen atoms in total. The number of rotatable bonds is 11. The van der Waals surface area contributed by atoms with Crippen LogP contribution in [-0.2, 0) is 36.2 Å². The number of hydrogen-bond acceptors (Lipinski definition) is 7. The van der Waals surface area contributed by atoms with Crippen molar-refractivity contribution in [3.63, 3.8) is 0 Å². The molecule has 10 heteroatoms. The summed E-state index contributed by atoms with van der Waals surface area (Å²) in [4.78, 5) is 12.3. The molecule has 0 aliphatic carbocycles. The largest absolute Gasteiger partial charge is 0.392 e. The molecule has 1 aromatic heterocycles. The maximum Gasteiger partial charge on any atom is 0.315 e. The van der Waals surface area contributed by atoms with E-state index >= 15 is 0 Å². The van der Waals surface area contributed by atoms with Gasteiger partial charge in [0.2, 0.25) is 0 Å². The van der Waals surface area contributed by atoms with Crippen LogP contribution in [0.25, 0.3) is 11.1 Å². The molecular weight excluding hydrogens is 598 g/mol. The van der Waals surface area contributed by atoms with Crippen molar-refractivity contribution >= 4 is 17.8 Å². The normalized spacial score (nSPS) is 17.8. The molecule has 1 aliphatic heterocycles. The van der Waals surface area contributed by atoms with E-state index in [1.165, 1.54) is 0 Å². The molecule has 0 saturated carbocycles. The molecule has 3 atom stereocenters. The summed E-state index contributed by atoms with van der Waals surface area (Å²) in [5, 5.41) is 24.4. The number of aryl methyl sites for hydroxylation is 1. The monoisotopic (exact) mass is 635 g/mol. The summed E-state index contributed by atoms with van der Waals surface area (Å²) < 4.78 is 14.9. The van der Waals surface area contributed by atoms with Gasteiger partial charge in [0, 0.05) is 37.9 Å². The SMILES string of the molecule is Cn1cnnc1SC[C@@H]1C[C@H](c2ccc(CO)cc2)O[C@H](c2ccc(-c3cccc(CNC(=O)NCc4ccccc4)c3)cc2)O1. The highest BCUT2D eigenvalue weighted by atomic mass is 32.2. The first-order chi connectivity index (χ1) is 22.5. The van der Waals surface area contributed by atoms with E-state index in [9.17, 15) is 9.90 Å². The van der Waals surface area contributed by atoms with Crippen LogP contribution in [0.15, 0.2) is 115 Å². The Kier molecular flexibility index (Phi) is 10.4. The van der Waals surface area contributed by atoms with Crippen LogP contribution in [0.5, 0.6) is 0 Å². The molecular formula is C36H37N5O4S. The Morgan fingerprint density at radius 2 is 1.57 bits per heavy atom. The molecule has 6 rings (SSSR count). The van der Waals surface area contributed by atoms with Gasteiger partial charge in [-0.2, -0.15) is 0 Å². The van der Waals surface area contributed by atoms with E-state index in [2.05, 4.69) is 45.1 Å². The van der Waals surface area contributed by atoms with Crippen LogP contribution in [-0.4, -0.2) is 37.8 Å². The van der Waals surface area contributed by atoms with Crippen molar-refractivity contribution in [2.75, 3.05) is 5.75 Å². The van der Waals surface area contributed by atoms with Gasteiger partial charge in [0.25, 0.3) is 0 Å². The Balaban J connectivity index is 1.11. The Bertz CT molecular complexity index is 1710. The highest BCUT2D eigenvalue weighted by Gasteiger charge is 2.32. The molecule has 1 fully saturated rings. The van der Waals surface area contributed by atoms with Gasteiger partial charge in [0.05, 0.1) is 18.8 Å². The van der Waals surface area contributed by atoms with E-state index in [0.717, 1.165) is 44.1 Å². The van der Waals surface area contributed by atoms with Crippen molar-refractivity contribution in [2.45, 2.75) is 49.8 Å². The molecule has 3 N–H and O–H groups in total. The summed E-state index contributed by atoms with van der Waals surface area (Å²) in [5.41, 5.74) is 7.02. The number of aliphatic hydroxyl groups is 1. The number of urea groups is 1. The van der Waals surface area contributed by atoms with E-state index in [1.54, 1.807) is 18.1 Å². The minimum absolute atomic E-state index is 0.00433. The van der Waals surface area contributed by atoms with Crippen molar-refractivity contribution in [3.05, 3.63) is 137 Å². The van der Waals surface area contributed by atoms with E-state index in [4.69, 9.17) is 9.47 Å². The van der Waals surface area contributed by atoms with Crippen LogP contribution in [0.2, 0.25) is 0 Å². The van der Waals surface area contributed by atoms with Gasteiger partial charge in [-0.15, -0.1) is 10.2 Å². The third-order valence-corrected chi connectivity index (χ3v) is 9.04. The van der Waals surface area contributed by atoms with E-state index in [-0.39, 0.29) is 24.8 Å². The summed E-state index contributed by atoms with van der Waals surface area (Å²) in [6, 6.07) is 33.9. The zero-order valence-corrected chi connectivity index (χ0v) is 26.4. The van der Waals surface area contributed by atoms with Crippen LogP contribution in [0, 0.1) is 0 Å². The fourth-order valence-corrected chi connectivity index (χ4v) is 6.22. The number of hydrogen-bond donors (Lipinski definition) is 3. The van der Waals surface area contributed by atoms with Gasteiger partial charge in [-0.3, -0.25) is 0 Å². The summed E-state index contributed by atoms with van der Waals surface area (Å²) >= 11 is 1.61. The maximum atomic E-state index is 12.3. The second-order valence-electron chi connectivity index (χ2n) is 11.2. The minimum atomic E-state index is -0.541. The molecule has 4 aromatic carbocycles. The van der Waals surface area contributed by atoms with Crippen molar-refractivity contribution in [1.29, 1.82) is 0 Å². The first kappa shape index (κ1) is 31.5. The summed E-state index contributed by atoms with van der Waals surface area (Å²) in [7, 11) is 1.93. The molecule has 5 aromatic rings. The number of benzene rings is 4. The number of carbonyl (C=O) groups excluding carboxylic acids is 1. The standard InChI is InChI=1S/C36H37N5O4S/c1-41-24-39-40-36(41)46-23-32-19-33(29-12-10-26(22-42)11-13-29)45-34(44-32)30-16-14-28(15-17-30)31-9-5-8-27(18-31)21-38-35(43)37-20-25-6-3-2-4-7-25/h2-18,24,32-34,42H,19-23H2,1H3,(H2,37,38,43)/t32-,33+,34+/m0/s1. The average Bonchev–Trinajstić information content (AvgIpc) is 3.53. The second kappa shape index (κ2) is 15.2. The molecule has 2 amide bonds. The Morgan fingerprint density at radius 1 is 0.848 bits per heavy atom. The third-order valence-electron chi connectivity index (χ3n) is 7.88. The number of thioether (sulfide) groups is 1. The van der Waals surface area contributed by atoms with Gasteiger partial charge < -0.3 is 29.8 Å². The van der Waals surface area contributed by atoms with E-state index in [1.807, 2.05) is 90.5 Å². The topological polar surface area (TPSA) is 111 Å². The van der Waals surface area contributed by atoms with Gasteiger partial charge >= 0.3 is 6.03 Å². The lowest BCUT2D eigenvalue weighted by Gasteiger charge is -2.36. The van der Waals surface area contributed by atoms with Crippen LogP contribution in [0.4, 0.5) is 4.79 Å². The average molecular weight is 636 g/mol. The van der Waals surface area contributed by atoms with Gasteiger partial charge in [0.15, 0.2) is 11.4 Å². The number of nitrogens with zero attached hydrogens (tertiary/aromatic N) is 3. The fourth-order valence-electron chi connectivity index (χ4n) is 5.31. The van der Waals surface area contributed by atoms with Crippen molar-refractivity contribution in [2.24, 2.45) is 7.05 Å². The van der Waals surface area contributed by atoms with E-state index in [0.29, 0.717) is 25.3 Å². The number of amides is 2. The number of aliphatic hydroxyl groups excluding tert-OH is 1. The predicted octanol–water partition coefficient (Wildman–Crippen LogP) is 6.31. The number of aromatic nitrogens is 3. The molecule has 46 heavy (non-hydrogen) atoms. The Hall–Kier alpha value is -4.48. The van der Waals surface area contributed by atoms with Crippen LogP contribution in [0.1, 0.15) is 46.6 Å². The highest BCUT2D eigenvalue weighted by Crippen LogP contribution is 2.39. The summed E-state index contributed by atoms with van der Waals surface area (Å²) in [6.07, 6.45) is 1.62. The zero-order valence-electron chi connectivity index (χ0n) is 25.6. The smallest absolute Gasteiger partial charge is 0.315 e. The van der Waals surface area contributed by atoms with Gasteiger partial charge in [0.1, 0.15) is 6.33 Å². The highest BCUT2D eigenvalue weighted by molar-refractivity contribution is 7.99. The van der Waals surface area contributed by atoms with Crippen LogP contribution in [0.3, 0.4) is 0 Å². The lowest BCUT2D eigenvalue weighted by molar-refractivity contribution is -0.245. The Labute approximate surface area is 273 Å². The summed E-state index contributed by atoms with van der Waals surface area (Å²) in [6.45, 7) is 0.903. The predicted molar refractivity (Wildman–Crippen MR) is 178 cm³/mol. The molecule has 1 saturated heterocycles. The first-order valence-electron chi connectivity index (χ1n) is 15.3. The maximum absolute atomic E-state index is 12.3. The lowest BCUT2D eigenvalue weighted by Crippen LogP contribution is -2.34. The lowest BCUT2D eigenvalue weighted by atomic mass is 9.99. The first-order valence-corrected chi connectivity index (χ1v) is 16.2. The minimum Gasteiger partial charge on any atom is -0.392 e. The Morgan fingerprint density at radius 3 is 2.28 bits per heavy atom. The second-order valence-corrected chi connectivity index (χ2v) is 12.2. The van der Waals surface area contributed by atoms with Gasteiger partial charge in [-0.1, -0.05) is 109 Å². The number of nitrogens with one attached hydrogen (secondary N) is 2. The fraction of sp³-hybridized carbons (Fsp3) is 0.250. The quantitative estimate of drug-likeness (QED) is 0.146. The van der Waals surface area contributed by atoms with Crippen molar-refractivity contribution < 1.29 is 19.4 Å².